The fourth-order valence-electron chi connectivity index (χ4n) is 2.21. The Morgan fingerprint density at radius 1 is 1.07 bits per heavy atom. The van der Waals surface area contributed by atoms with E-state index in [0.29, 0.717) is 25.3 Å². The van der Waals surface area contributed by atoms with Gasteiger partial charge in [0, 0.05) is 25.3 Å². The van der Waals surface area contributed by atoms with Gasteiger partial charge in [0.1, 0.15) is 18.5 Å². The summed E-state index contributed by atoms with van der Waals surface area (Å²) in [7, 11) is 0. The van der Waals surface area contributed by atoms with E-state index < -0.39 is 18.1 Å². The molecule has 2 rings (SSSR count). The molecule has 1 unspecified atom stereocenters. The van der Waals surface area contributed by atoms with E-state index in [0.717, 1.165) is 9.32 Å². The van der Waals surface area contributed by atoms with E-state index in [1.165, 1.54) is 24.3 Å². The first kappa shape index (κ1) is 21.9. The standard InChI is InChI=1S/C19H22IN3O5/c20-16-3-1-2-4-17(16)28-12-15(24)11-21-9-10-22-19(27)23-14-7-5-13(6-8-14)18(25)26/h1-8,15,21,24H,9-12H2,(H,25,26)(H2,22,23,27). The summed E-state index contributed by atoms with van der Waals surface area (Å²) in [6.45, 7) is 1.35. The largest absolute Gasteiger partial charge is 0.490 e. The van der Waals surface area contributed by atoms with Crippen molar-refractivity contribution in [3.8, 4) is 5.75 Å². The number of aliphatic hydroxyl groups excluding tert-OH is 1. The summed E-state index contributed by atoms with van der Waals surface area (Å²) in [5.74, 6) is -0.287. The van der Waals surface area contributed by atoms with Gasteiger partial charge in [-0.3, -0.25) is 0 Å². The molecule has 0 aliphatic heterocycles. The Morgan fingerprint density at radius 3 is 2.46 bits per heavy atom. The van der Waals surface area contributed by atoms with Crippen molar-refractivity contribution in [3.63, 3.8) is 0 Å². The molecule has 9 heteroatoms. The van der Waals surface area contributed by atoms with E-state index in [9.17, 15) is 14.7 Å². The number of rotatable bonds is 10. The first-order valence-corrected chi connectivity index (χ1v) is 9.68. The third-order valence-electron chi connectivity index (χ3n) is 3.62. The van der Waals surface area contributed by atoms with Crippen LogP contribution in [-0.4, -0.2) is 54.6 Å². The molecule has 0 fully saturated rings. The molecule has 5 N–H and O–H groups in total. The van der Waals surface area contributed by atoms with Crippen LogP contribution in [-0.2, 0) is 0 Å². The summed E-state index contributed by atoms with van der Waals surface area (Å²) in [4.78, 5) is 22.6. The van der Waals surface area contributed by atoms with Crippen LogP contribution in [0, 0.1) is 3.57 Å². The van der Waals surface area contributed by atoms with Crippen molar-refractivity contribution < 1.29 is 24.5 Å². The minimum absolute atomic E-state index is 0.152. The van der Waals surface area contributed by atoms with Crippen LogP contribution in [0.4, 0.5) is 10.5 Å². The predicted octanol–water partition coefficient (Wildman–Crippen LogP) is 2.14. The topological polar surface area (TPSA) is 120 Å². The molecule has 2 amide bonds. The molecule has 0 bridgehead atoms. The van der Waals surface area contributed by atoms with E-state index in [2.05, 4.69) is 38.5 Å². The van der Waals surface area contributed by atoms with Crippen molar-refractivity contribution in [1.82, 2.24) is 10.6 Å². The van der Waals surface area contributed by atoms with E-state index in [1.807, 2.05) is 24.3 Å². The second kappa shape index (κ2) is 11.5. The molecule has 2 aromatic carbocycles. The van der Waals surface area contributed by atoms with Gasteiger partial charge in [-0.1, -0.05) is 12.1 Å². The summed E-state index contributed by atoms with van der Waals surface area (Å²) in [5.41, 5.74) is 0.651. The average molecular weight is 499 g/mol. The number of nitrogens with one attached hydrogen (secondary N) is 3. The quantitative estimate of drug-likeness (QED) is 0.253. The van der Waals surface area contributed by atoms with E-state index in [4.69, 9.17) is 9.84 Å². The Labute approximate surface area is 176 Å². The van der Waals surface area contributed by atoms with Gasteiger partial charge in [0.2, 0.25) is 0 Å². The van der Waals surface area contributed by atoms with Crippen LogP contribution in [0.2, 0.25) is 0 Å². The van der Waals surface area contributed by atoms with Gasteiger partial charge in [-0.25, -0.2) is 9.59 Å². The molecule has 28 heavy (non-hydrogen) atoms. The van der Waals surface area contributed by atoms with Gasteiger partial charge in [0.25, 0.3) is 0 Å². The summed E-state index contributed by atoms with van der Waals surface area (Å²) in [5, 5.41) is 27.1. The molecular weight excluding hydrogens is 477 g/mol. The number of halogens is 1. The molecule has 0 saturated carbocycles. The van der Waals surface area contributed by atoms with Crippen LogP contribution in [0.15, 0.2) is 48.5 Å². The number of benzene rings is 2. The number of anilines is 1. The molecule has 0 heterocycles. The molecule has 8 nitrogen and oxygen atoms in total. The van der Waals surface area contributed by atoms with Crippen LogP contribution in [0.3, 0.4) is 0 Å². The highest BCUT2D eigenvalue weighted by Gasteiger charge is 2.07. The Hall–Kier alpha value is -2.37. The third-order valence-corrected chi connectivity index (χ3v) is 4.52. The zero-order chi connectivity index (χ0) is 20.4. The predicted molar refractivity (Wildman–Crippen MR) is 114 cm³/mol. The fraction of sp³-hybridized carbons (Fsp3) is 0.263. The van der Waals surface area contributed by atoms with Crippen LogP contribution < -0.4 is 20.7 Å². The van der Waals surface area contributed by atoms with Crippen molar-refractivity contribution in [2.24, 2.45) is 0 Å². The maximum Gasteiger partial charge on any atom is 0.335 e. The van der Waals surface area contributed by atoms with Crippen molar-refractivity contribution in [3.05, 3.63) is 57.7 Å². The number of hydrogen-bond acceptors (Lipinski definition) is 5. The Morgan fingerprint density at radius 2 is 1.79 bits per heavy atom. The number of ether oxygens (including phenoxy) is 1. The maximum absolute atomic E-state index is 11.8. The van der Waals surface area contributed by atoms with Gasteiger partial charge in [0.15, 0.2) is 0 Å². The molecule has 0 aliphatic carbocycles. The fourth-order valence-corrected chi connectivity index (χ4v) is 2.75. The number of carbonyl (C=O) groups excluding carboxylic acids is 1. The summed E-state index contributed by atoms with van der Waals surface area (Å²) < 4.78 is 6.55. The van der Waals surface area contributed by atoms with Crippen LogP contribution in [0.1, 0.15) is 10.4 Å². The van der Waals surface area contributed by atoms with E-state index in [1.54, 1.807) is 0 Å². The highest BCUT2D eigenvalue weighted by Crippen LogP contribution is 2.19. The van der Waals surface area contributed by atoms with Crippen LogP contribution >= 0.6 is 22.6 Å². The second-order valence-electron chi connectivity index (χ2n) is 5.86. The van der Waals surface area contributed by atoms with Gasteiger partial charge < -0.3 is 30.9 Å². The first-order chi connectivity index (χ1) is 13.5. The number of carbonyl (C=O) groups is 2. The SMILES string of the molecule is O=C(NCCNCC(O)COc1ccccc1I)Nc1ccc(C(=O)O)cc1. The molecular formula is C19H22IN3O5. The molecule has 0 aliphatic rings. The van der Waals surface area contributed by atoms with Crippen molar-refractivity contribution >= 4 is 40.3 Å². The summed E-state index contributed by atoms with van der Waals surface area (Å²) >= 11 is 2.17. The lowest BCUT2D eigenvalue weighted by Crippen LogP contribution is -2.38. The first-order valence-electron chi connectivity index (χ1n) is 8.60. The third kappa shape index (κ3) is 7.71. The lowest BCUT2D eigenvalue weighted by Gasteiger charge is -2.14. The minimum Gasteiger partial charge on any atom is -0.490 e. The lowest BCUT2D eigenvalue weighted by atomic mass is 10.2. The number of amides is 2. The van der Waals surface area contributed by atoms with E-state index in [-0.39, 0.29) is 12.2 Å². The number of hydrogen-bond donors (Lipinski definition) is 5. The monoisotopic (exact) mass is 499 g/mol. The van der Waals surface area contributed by atoms with Crippen LogP contribution in [0.5, 0.6) is 5.75 Å². The van der Waals surface area contributed by atoms with Crippen molar-refractivity contribution in [1.29, 1.82) is 0 Å². The molecule has 0 spiro atoms. The second-order valence-corrected chi connectivity index (χ2v) is 7.02. The number of carboxylic acids is 1. The van der Waals surface area contributed by atoms with Crippen LogP contribution in [0.25, 0.3) is 0 Å². The number of aliphatic hydroxyl groups is 1. The van der Waals surface area contributed by atoms with Gasteiger partial charge in [-0.05, 0) is 59.0 Å². The number of carboxylic acid groups (broad SMARTS) is 1. The summed E-state index contributed by atoms with van der Waals surface area (Å²) in [6, 6.07) is 13.0. The number of urea groups is 1. The smallest absolute Gasteiger partial charge is 0.335 e. The minimum atomic E-state index is -1.02. The Balaban J connectivity index is 1.57. The normalized spacial score (nSPS) is 11.5. The molecule has 0 aromatic heterocycles. The average Bonchev–Trinajstić information content (AvgIpc) is 2.67. The molecule has 150 valence electrons. The maximum atomic E-state index is 11.8. The number of aromatic carboxylic acids is 1. The van der Waals surface area contributed by atoms with Crippen molar-refractivity contribution in [2.45, 2.75) is 6.10 Å². The molecule has 0 radical (unpaired) electrons. The Bertz CT molecular complexity index is 785. The van der Waals surface area contributed by atoms with Gasteiger partial charge in [-0.2, -0.15) is 0 Å². The highest BCUT2D eigenvalue weighted by atomic mass is 127. The van der Waals surface area contributed by atoms with Crippen molar-refractivity contribution in [2.75, 3.05) is 31.6 Å². The number of para-hydroxylation sites is 1. The molecule has 0 saturated heterocycles. The zero-order valence-corrected chi connectivity index (χ0v) is 17.2. The Kier molecular flexibility index (Phi) is 8.98. The molecule has 2 aromatic rings. The van der Waals surface area contributed by atoms with Gasteiger partial charge >= 0.3 is 12.0 Å². The highest BCUT2D eigenvalue weighted by molar-refractivity contribution is 14.1. The van der Waals surface area contributed by atoms with Gasteiger partial charge in [-0.15, -0.1) is 0 Å². The zero-order valence-electron chi connectivity index (χ0n) is 15.0. The van der Waals surface area contributed by atoms with Gasteiger partial charge in [0.05, 0.1) is 9.13 Å². The lowest BCUT2D eigenvalue weighted by molar-refractivity contribution is 0.0697. The summed E-state index contributed by atoms with van der Waals surface area (Å²) in [6.07, 6.45) is -0.669. The molecule has 1 atom stereocenters. The van der Waals surface area contributed by atoms with E-state index >= 15 is 0 Å².